The largest absolute Gasteiger partial charge is 0.481 e. The lowest BCUT2D eigenvalue weighted by Gasteiger charge is -2.28. The third-order valence-corrected chi connectivity index (χ3v) is 6.96. The van der Waals surface area contributed by atoms with Gasteiger partial charge in [0.25, 0.3) is 5.91 Å². The highest BCUT2D eigenvalue weighted by atomic mass is 35.5. The van der Waals surface area contributed by atoms with E-state index in [1.807, 2.05) is 48.5 Å². The van der Waals surface area contributed by atoms with Crippen LogP contribution in [0.25, 0.3) is 0 Å². The molecule has 1 aromatic heterocycles. The summed E-state index contributed by atoms with van der Waals surface area (Å²) in [5.41, 5.74) is 2.81. The second kappa shape index (κ2) is 10.2. The van der Waals surface area contributed by atoms with Crippen LogP contribution in [0.4, 0.5) is 5.13 Å². The van der Waals surface area contributed by atoms with Gasteiger partial charge in [-0.3, -0.25) is 14.9 Å². The zero-order chi connectivity index (χ0) is 22.5. The molecule has 0 bridgehead atoms. The Kier molecular flexibility index (Phi) is 7.17. The van der Waals surface area contributed by atoms with Crippen molar-refractivity contribution in [2.75, 3.05) is 5.32 Å². The molecule has 0 spiro atoms. The molecule has 1 saturated carbocycles. The first-order chi connectivity index (χ1) is 15.5. The monoisotopic (exact) mass is 469 g/mol. The summed E-state index contributed by atoms with van der Waals surface area (Å²) in [6.45, 7) is 0. The van der Waals surface area contributed by atoms with Crippen LogP contribution >= 0.6 is 22.9 Å². The van der Waals surface area contributed by atoms with Crippen molar-refractivity contribution in [3.05, 3.63) is 75.3 Å². The van der Waals surface area contributed by atoms with Crippen LogP contribution in [0.2, 0.25) is 5.02 Å². The molecule has 0 unspecified atom stereocenters. The van der Waals surface area contributed by atoms with E-state index >= 15 is 0 Å². The third-order valence-electron chi connectivity index (χ3n) is 5.89. The van der Waals surface area contributed by atoms with Crippen molar-refractivity contribution >= 4 is 39.9 Å². The maximum Gasteiger partial charge on any atom is 0.303 e. The Hall–Kier alpha value is -2.77. The molecule has 1 fully saturated rings. The predicted molar refractivity (Wildman–Crippen MR) is 126 cm³/mol. The predicted octanol–water partition coefficient (Wildman–Crippen LogP) is 5.78. The quantitative estimate of drug-likeness (QED) is 0.457. The molecule has 0 saturated heterocycles. The minimum Gasteiger partial charge on any atom is -0.481 e. The molecule has 4 rings (SSSR count). The van der Waals surface area contributed by atoms with E-state index in [1.165, 1.54) is 16.9 Å². The number of aromatic nitrogens is 2. The maximum atomic E-state index is 12.6. The molecule has 2 aromatic carbocycles. The van der Waals surface area contributed by atoms with Crippen molar-refractivity contribution in [2.24, 2.45) is 5.92 Å². The Balaban J connectivity index is 1.32. The number of hydrogen-bond donors (Lipinski definition) is 2. The number of nitrogens with one attached hydrogen (secondary N) is 1. The van der Waals surface area contributed by atoms with Crippen molar-refractivity contribution in [3.63, 3.8) is 0 Å². The molecule has 1 aliphatic carbocycles. The van der Waals surface area contributed by atoms with Crippen molar-refractivity contribution in [1.29, 1.82) is 0 Å². The van der Waals surface area contributed by atoms with Crippen LogP contribution in [0.1, 0.15) is 64.5 Å². The van der Waals surface area contributed by atoms with Gasteiger partial charge >= 0.3 is 5.97 Å². The van der Waals surface area contributed by atoms with E-state index < -0.39 is 5.97 Å². The average molecular weight is 470 g/mol. The van der Waals surface area contributed by atoms with Gasteiger partial charge in [-0.2, -0.15) is 0 Å². The molecule has 6 nitrogen and oxygen atoms in total. The Labute approximate surface area is 195 Å². The van der Waals surface area contributed by atoms with Crippen LogP contribution in [-0.4, -0.2) is 27.2 Å². The number of carboxylic acid groups (broad SMARTS) is 1. The minimum absolute atomic E-state index is 0.216. The SMILES string of the molecule is O=C(O)CC1CCC(c2ccc(C(=O)Nc3nnc(Cc4cccc(Cl)c4)s3)cc2)CC1. The van der Waals surface area contributed by atoms with Crippen molar-refractivity contribution in [2.45, 2.75) is 44.4 Å². The Morgan fingerprint density at radius 2 is 1.81 bits per heavy atom. The van der Waals surface area contributed by atoms with Crippen LogP contribution in [0.3, 0.4) is 0 Å². The Bertz CT molecular complexity index is 1090. The van der Waals surface area contributed by atoms with Gasteiger partial charge < -0.3 is 5.11 Å². The first-order valence-electron chi connectivity index (χ1n) is 10.7. The van der Waals surface area contributed by atoms with Crippen molar-refractivity contribution in [1.82, 2.24) is 10.2 Å². The highest BCUT2D eigenvalue weighted by Gasteiger charge is 2.24. The number of benzene rings is 2. The number of halogens is 1. The topological polar surface area (TPSA) is 92.2 Å². The first kappa shape index (κ1) is 22.4. The fraction of sp³-hybridized carbons (Fsp3) is 0.333. The van der Waals surface area contributed by atoms with E-state index in [1.54, 1.807) is 0 Å². The number of rotatable bonds is 7. The van der Waals surface area contributed by atoms with Crippen LogP contribution in [0.5, 0.6) is 0 Å². The molecule has 1 amide bonds. The molecule has 0 atom stereocenters. The number of hydrogen-bond acceptors (Lipinski definition) is 5. The minimum atomic E-state index is -0.712. The average Bonchev–Trinajstić information content (AvgIpc) is 3.20. The summed E-state index contributed by atoms with van der Waals surface area (Å²) in [5, 5.41) is 22.0. The Morgan fingerprint density at radius 1 is 1.06 bits per heavy atom. The molecule has 0 radical (unpaired) electrons. The molecule has 166 valence electrons. The van der Waals surface area contributed by atoms with Crippen LogP contribution < -0.4 is 5.32 Å². The Morgan fingerprint density at radius 3 is 2.50 bits per heavy atom. The van der Waals surface area contributed by atoms with Crippen LogP contribution in [0.15, 0.2) is 48.5 Å². The molecular formula is C24H24ClN3O3S. The van der Waals surface area contributed by atoms with Crippen molar-refractivity contribution < 1.29 is 14.7 Å². The van der Waals surface area contributed by atoms with Gasteiger partial charge in [0, 0.05) is 23.4 Å². The molecule has 0 aliphatic heterocycles. The van der Waals surface area contributed by atoms with E-state index in [2.05, 4.69) is 15.5 Å². The molecule has 32 heavy (non-hydrogen) atoms. The van der Waals surface area contributed by atoms with Crippen molar-refractivity contribution in [3.8, 4) is 0 Å². The van der Waals surface area contributed by atoms with Gasteiger partial charge in [0.2, 0.25) is 5.13 Å². The second-order valence-corrected chi connectivity index (χ2v) is 9.70. The van der Waals surface area contributed by atoms with E-state index in [0.29, 0.717) is 28.1 Å². The normalized spacial score (nSPS) is 18.3. The standard InChI is InChI=1S/C24H24ClN3O3S/c25-20-3-1-2-16(12-20)13-21-27-28-24(32-21)26-23(31)19-10-8-18(9-11-19)17-6-4-15(5-7-17)14-22(29)30/h1-3,8-12,15,17H,4-7,13-14H2,(H,29,30)(H,26,28,31). The van der Waals surface area contributed by atoms with Crippen LogP contribution in [-0.2, 0) is 11.2 Å². The van der Waals surface area contributed by atoms with Gasteiger partial charge in [-0.1, -0.05) is 47.2 Å². The lowest BCUT2D eigenvalue weighted by Crippen LogP contribution is -2.16. The number of carbonyl (C=O) groups is 2. The smallest absolute Gasteiger partial charge is 0.303 e. The van der Waals surface area contributed by atoms with Gasteiger partial charge in [-0.15, -0.1) is 10.2 Å². The van der Waals surface area contributed by atoms with Gasteiger partial charge in [0.05, 0.1) is 0 Å². The van der Waals surface area contributed by atoms with E-state index in [9.17, 15) is 9.59 Å². The first-order valence-corrected chi connectivity index (χ1v) is 11.9. The number of aliphatic carboxylic acids is 1. The summed E-state index contributed by atoms with van der Waals surface area (Å²) < 4.78 is 0. The van der Waals surface area contributed by atoms with Crippen LogP contribution in [0, 0.1) is 5.92 Å². The second-order valence-electron chi connectivity index (χ2n) is 8.20. The summed E-state index contributed by atoms with van der Waals surface area (Å²) in [6, 6.07) is 15.3. The molecule has 1 aliphatic rings. The molecule has 8 heteroatoms. The molecule has 1 heterocycles. The van der Waals surface area contributed by atoms with E-state index in [-0.39, 0.29) is 18.2 Å². The number of carbonyl (C=O) groups excluding carboxylic acids is 1. The van der Waals surface area contributed by atoms with E-state index in [4.69, 9.17) is 16.7 Å². The number of carboxylic acids is 1. The molecule has 3 aromatic rings. The summed E-state index contributed by atoms with van der Waals surface area (Å²) in [6.07, 6.45) is 4.73. The summed E-state index contributed by atoms with van der Waals surface area (Å²) in [5.74, 6) is -0.221. The summed E-state index contributed by atoms with van der Waals surface area (Å²) in [7, 11) is 0. The van der Waals surface area contributed by atoms with Gasteiger partial charge in [-0.25, -0.2) is 0 Å². The lowest BCUT2D eigenvalue weighted by atomic mass is 9.77. The van der Waals surface area contributed by atoms with Gasteiger partial charge in [-0.05, 0) is 72.9 Å². The number of amides is 1. The number of anilines is 1. The fourth-order valence-corrected chi connectivity index (χ4v) is 5.20. The molecule has 2 N–H and O–H groups in total. The zero-order valence-electron chi connectivity index (χ0n) is 17.5. The highest BCUT2D eigenvalue weighted by molar-refractivity contribution is 7.15. The highest BCUT2D eigenvalue weighted by Crippen LogP contribution is 2.37. The zero-order valence-corrected chi connectivity index (χ0v) is 19.0. The molecular weight excluding hydrogens is 446 g/mol. The fourth-order valence-electron chi connectivity index (χ4n) is 4.22. The maximum absolute atomic E-state index is 12.6. The summed E-state index contributed by atoms with van der Waals surface area (Å²) >= 11 is 7.37. The van der Waals surface area contributed by atoms with Gasteiger partial charge in [0.1, 0.15) is 5.01 Å². The van der Waals surface area contributed by atoms with Gasteiger partial charge in [0.15, 0.2) is 0 Å². The number of nitrogens with zero attached hydrogens (tertiary/aromatic N) is 2. The lowest BCUT2D eigenvalue weighted by molar-refractivity contribution is -0.138. The van der Waals surface area contributed by atoms with E-state index in [0.717, 1.165) is 36.3 Å². The third kappa shape index (κ3) is 5.93. The summed E-state index contributed by atoms with van der Waals surface area (Å²) in [4.78, 5) is 23.5.